The first-order valence-electron chi connectivity index (χ1n) is 5.50. The normalized spacial score (nSPS) is 15.0. The Balaban J connectivity index is 2.25. The lowest BCUT2D eigenvalue weighted by Gasteiger charge is -2.23. The summed E-state index contributed by atoms with van der Waals surface area (Å²) in [4.78, 5) is 5.57. The third-order valence-corrected chi connectivity index (χ3v) is 2.73. The van der Waals surface area contributed by atoms with Crippen LogP contribution in [0.5, 0.6) is 0 Å². The Bertz CT molecular complexity index is 410. The van der Waals surface area contributed by atoms with E-state index in [4.69, 9.17) is 10.5 Å². The Morgan fingerprint density at radius 1 is 1.47 bits per heavy atom. The third kappa shape index (κ3) is 2.63. The molecule has 0 unspecified atom stereocenters. The fourth-order valence-corrected chi connectivity index (χ4v) is 1.71. The number of methoxy groups -OCH3 is 1. The van der Waals surface area contributed by atoms with Crippen LogP contribution in [0.4, 0.5) is 20.4 Å². The lowest BCUT2D eigenvalue weighted by atomic mass is 10.3. The molecule has 6 heteroatoms. The van der Waals surface area contributed by atoms with Crippen LogP contribution in [-0.2, 0) is 4.74 Å². The number of aromatic nitrogens is 1. The van der Waals surface area contributed by atoms with E-state index < -0.39 is 11.6 Å². The van der Waals surface area contributed by atoms with E-state index in [-0.39, 0.29) is 17.7 Å². The molecule has 2 N–H and O–H groups in total. The van der Waals surface area contributed by atoms with Crippen molar-refractivity contribution in [1.29, 1.82) is 0 Å². The van der Waals surface area contributed by atoms with Crippen molar-refractivity contribution < 1.29 is 13.5 Å². The third-order valence-electron chi connectivity index (χ3n) is 2.73. The van der Waals surface area contributed by atoms with Gasteiger partial charge in [0.1, 0.15) is 0 Å². The number of hydrogen-bond donors (Lipinski definition) is 1. The van der Waals surface area contributed by atoms with Crippen molar-refractivity contribution >= 4 is 11.6 Å². The maximum Gasteiger partial charge on any atom is 0.168 e. The zero-order valence-corrected chi connectivity index (χ0v) is 9.62. The maximum absolute atomic E-state index is 13.7. The van der Waals surface area contributed by atoms with Crippen LogP contribution in [0.15, 0.2) is 6.07 Å². The fraction of sp³-hybridized carbons (Fsp3) is 0.545. The van der Waals surface area contributed by atoms with Crippen LogP contribution in [0.2, 0.25) is 0 Å². The van der Waals surface area contributed by atoms with Crippen LogP contribution < -0.4 is 10.6 Å². The minimum Gasteiger partial charge on any atom is -0.383 e. The Kier molecular flexibility index (Phi) is 3.42. The highest BCUT2D eigenvalue weighted by Crippen LogP contribution is 2.32. The standard InChI is InChI=1S/C11H15F2N3O/c1-17-5-4-16(7-2-3-7)11-9(13)6-8(12)10(14)15-11/h6-7H,2-5H2,1H3,(H2,14,15). The molecule has 0 aromatic carbocycles. The Morgan fingerprint density at radius 3 is 2.76 bits per heavy atom. The van der Waals surface area contributed by atoms with Gasteiger partial charge in [0.2, 0.25) is 0 Å². The molecule has 0 saturated heterocycles. The molecular formula is C11H15F2N3O. The topological polar surface area (TPSA) is 51.4 Å². The summed E-state index contributed by atoms with van der Waals surface area (Å²) in [6, 6.07) is 1.04. The molecule has 0 bridgehead atoms. The van der Waals surface area contributed by atoms with Gasteiger partial charge in [-0.3, -0.25) is 0 Å². The summed E-state index contributed by atoms with van der Waals surface area (Å²) in [7, 11) is 1.58. The molecule has 94 valence electrons. The molecule has 1 fully saturated rings. The number of rotatable bonds is 5. The highest BCUT2D eigenvalue weighted by molar-refractivity contribution is 5.48. The highest BCUT2D eigenvalue weighted by atomic mass is 19.1. The van der Waals surface area contributed by atoms with E-state index in [1.165, 1.54) is 0 Å². The van der Waals surface area contributed by atoms with Crippen molar-refractivity contribution in [2.75, 3.05) is 30.9 Å². The van der Waals surface area contributed by atoms with E-state index >= 15 is 0 Å². The van der Waals surface area contributed by atoms with Gasteiger partial charge in [-0.25, -0.2) is 13.8 Å². The zero-order valence-electron chi connectivity index (χ0n) is 9.62. The van der Waals surface area contributed by atoms with Crippen LogP contribution in [0.1, 0.15) is 12.8 Å². The van der Waals surface area contributed by atoms with Gasteiger partial charge in [-0.15, -0.1) is 0 Å². The number of hydrogen-bond acceptors (Lipinski definition) is 4. The number of nitrogens with two attached hydrogens (primary N) is 1. The van der Waals surface area contributed by atoms with Gasteiger partial charge in [0.05, 0.1) is 6.61 Å². The first-order valence-corrected chi connectivity index (χ1v) is 5.50. The molecule has 1 aliphatic rings. The SMILES string of the molecule is COCCN(c1nc(N)c(F)cc1F)C1CC1. The van der Waals surface area contributed by atoms with Gasteiger partial charge in [0, 0.05) is 25.8 Å². The molecule has 1 aromatic heterocycles. The van der Waals surface area contributed by atoms with Gasteiger partial charge in [-0.2, -0.15) is 0 Å². The second kappa shape index (κ2) is 4.83. The fourth-order valence-electron chi connectivity index (χ4n) is 1.71. The highest BCUT2D eigenvalue weighted by Gasteiger charge is 2.31. The Hall–Kier alpha value is -1.43. The van der Waals surface area contributed by atoms with Crippen LogP contribution in [0.3, 0.4) is 0 Å². The second-order valence-electron chi connectivity index (χ2n) is 4.08. The van der Waals surface area contributed by atoms with E-state index in [2.05, 4.69) is 4.98 Å². The van der Waals surface area contributed by atoms with Crippen molar-refractivity contribution in [3.8, 4) is 0 Å². The Labute approximate surface area is 98.4 Å². The molecule has 0 spiro atoms. The lowest BCUT2D eigenvalue weighted by Crippen LogP contribution is -2.31. The lowest BCUT2D eigenvalue weighted by molar-refractivity contribution is 0.204. The molecule has 2 rings (SSSR count). The molecule has 0 aliphatic heterocycles. The van der Waals surface area contributed by atoms with Gasteiger partial charge < -0.3 is 15.4 Å². The molecule has 4 nitrogen and oxygen atoms in total. The molecule has 1 aliphatic carbocycles. The minimum atomic E-state index is -0.825. The predicted molar refractivity (Wildman–Crippen MR) is 60.8 cm³/mol. The molecule has 17 heavy (non-hydrogen) atoms. The number of anilines is 2. The van der Waals surface area contributed by atoms with Crippen LogP contribution in [0, 0.1) is 11.6 Å². The summed E-state index contributed by atoms with van der Waals surface area (Å²) in [5.41, 5.74) is 5.37. The molecule has 0 atom stereocenters. The van der Waals surface area contributed by atoms with Gasteiger partial charge in [-0.1, -0.05) is 0 Å². The maximum atomic E-state index is 13.7. The van der Waals surface area contributed by atoms with Gasteiger partial charge in [-0.05, 0) is 12.8 Å². The average molecular weight is 243 g/mol. The van der Waals surface area contributed by atoms with E-state index in [1.807, 2.05) is 0 Å². The van der Waals surface area contributed by atoms with Gasteiger partial charge in [0.25, 0.3) is 0 Å². The second-order valence-corrected chi connectivity index (χ2v) is 4.08. The summed E-state index contributed by atoms with van der Waals surface area (Å²) >= 11 is 0. The minimum absolute atomic E-state index is 0.114. The summed E-state index contributed by atoms with van der Waals surface area (Å²) in [5, 5.41) is 0. The predicted octanol–water partition coefficient (Wildman–Crippen LogP) is 1.56. The molecule has 1 heterocycles. The van der Waals surface area contributed by atoms with Crippen molar-refractivity contribution in [2.45, 2.75) is 18.9 Å². The van der Waals surface area contributed by atoms with Crippen molar-refractivity contribution in [2.24, 2.45) is 0 Å². The quantitative estimate of drug-likeness (QED) is 0.852. The molecule has 1 aromatic rings. The van der Waals surface area contributed by atoms with Crippen molar-refractivity contribution in [3.63, 3.8) is 0 Å². The first kappa shape index (κ1) is 12.0. The monoisotopic (exact) mass is 243 g/mol. The smallest absolute Gasteiger partial charge is 0.168 e. The number of halogens is 2. The van der Waals surface area contributed by atoms with E-state index in [9.17, 15) is 8.78 Å². The first-order chi connectivity index (χ1) is 8.13. The van der Waals surface area contributed by atoms with Gasteiger partial charge in [0.15, 0.2) is 23.3 Å². The van der Waals surface area contributed by atoms with Crippen molar-refractivity contribution in [3.05, 3.63) is 17.7 Å². The number of nitrogens with zero attached hydrogens (tertiary/aromatic N) is 2. The van der Waals surface area contributed by atoms with Crippen LogP contribution >= 0.6 is 0 Å². The molecule has 0 amide bonds. The van der Waals surface area contributed by atoms with E-state index in [0.717, 1.165) is 18.9 Å². The van der Waals surface area contributed by atoms with Crippen LogP contribution in [0.25, 0.3) is 0 Å². The average Bonchev–Trinajstić information content (AvgIpc) is 3.10. The van der Waals surface area contributed by atoms with E-state index in [0.29, 0.717) is 13.2 Å². The molecular weight excluding hydrogens is 228 g/mol. The summed E-state index contributed by atoms with van der Waals surface area (Å²) in [6.45, 7) is 0.991. The molecule has 1 saturated carbocycles. The number of pyridine rings is 1. The van der Waals surface area contributed by atoms with Crippen LogP contribution in [-0.4, -0.2) is 31.3 Å². The largest absolute Gasteiger partial charge is 0.383 e. The zero-order chi connectivity index (χ0) is 12.4. The number of ether oxygens (including phenoxy) is 1. The molecule has 0 radical (unpaired) electrons. The van der Waals surface area contributed by atoms with Gasteiger partial charge >= 0.3 is 0 Å². The Morgan fingerprint density at radius 2 is 2.18 bits per heavy atom. The summed E-state index contributed by atoms with van der Waals surface area (Å²) in [6.07, 6.45) is 1.98. The van der Waals surface area contributed by atoms with Crippen molar-refractivity contribution in [1.82, 2.24) is 4.98 Å². The summed E-state index contributed by atoms with van der Waals surface area (Å²) < 4.78 is 31.6. The number of nitrogen functional groups attached to an aromatic ring is 1. The summed E-state index contributed by atoms with van der Waals surface area (Å²) in [5.74, 6) is -1.67. The van der Waals surface area contributed by atoms with E-state index in [1.54, 1.807) is 12.0 Å².